The highest BCUT2D eigenvalue weighted by Gasteiger charge is 2.26. The summed E-state index contributed by atoms with van der Waals surface area (Å²) in [6, 6.07) is 7.00. The van der Waals surface area contributed by atoms with Crippen LogP contribution in [0.4, 0.5) is 5.00 Å². The minimum atomic E-state index is -0.719. The zero-order valence-corrected chi connectivity index (χ0v) is 15.7. The van der Waals surface area contributed by atoms with Crippen LogP contribution in [0.5, 0.6) is 11.5 Å². The Morgan fingerprint density at radius 2 is 1.81 bits per heavy atom. The Kier molecular flexibility index (Phi) is 5.46. The van der Waals surface area contributed by atoms with E-state index in [0.717, 1.165) is 36.1 Å². The molecule has 0 aliphatic heterocycles. The summed E-state index contributed by atoms with van der Waals surface area (Å²) >= 11 is 1.44. The lowest BCUT2D eigenvalue weighted by molar-refractivity contribution is -0.122. The lowest BCUT2D eigenvalue weighted by Crippen LogP contribution is -2.30. The summed E-state index contributed by atoms with van der Waals surface area (Å²) in [7, 11) is 1.59. The molecule has 1 aliphatic rings. The number of fused-ring (bicyclic) bond motifs is 1. The minimum Gasteiger partial charge on any atom is -0.497 e. The zero-order valence-electron chi connectivity index (χ0n) is 14.8. The number of benzene rings is 1. The molecule has 3 rings (SSSR count). The molecule has 0 radical (unpaired) electrons. The first-order valence-corrected chi connectivity index (χ1v) is 9.37. The molecule has 0 bridgehead atoms. The van der Waals surface area contributed by atoms with E-state index in [2.05, 4.69) is 5.32 Å². The number of amides is 2. The van der Waals surface area contributed by atoms with E-state index in [9.17, 15) is 9.59 Å². The number of methoxy groups -OCH3 is 1. The molecular weight excluding hydrogens is 352 g/mol. The van der Waals surface area contributed by atoms with Gasteiger partial charge in [-0.25, -0.2) is 0 Å². The third-order valence-corrected chi connectivity index (χ3v) is 5.60. The van der Waals surface area contributed by atoms with Crippen molar-refractivity contribution in [1.82, 2.24) is 0 Å². The van der Waals surface area contributed by atoms with Gasteiger partial charge in [0.25, 0.3) is 11.8 Å². The summed E-state index contributed by atoms with van der Waals surface area (Å²) < 4.78 is 10.8. The Hall–Kier alpha value is -2.54. The van der Waals surface area contributed by atoms with Gasteiger partial charge in [-0.15, -0.1) is 11.3 Å². The number of hydrogen-bond donors (Lipinski definition) is 2. The van der Waals surface area contributed by atoms with E-state index >= 15 is 0 Å². The first-order valence-electron chi connectivity index (χ1n) is 8.55. The molecule has 0 saturated carbocycles. The van der Waals surface area contributed by atoms with E-state index in [-0.39, 0.29) is 5.91 Å². The van der Waals surface area contributed by atoms with Crippen LogP contribution in [0.3, 0.4) is 0 Å². The lowest BCUT2D eigenvalue weighted by Gasteiger charge is -2.15. The summed E-state index contributed by atoms with van der Waals surface area (Å²) in [5, 5.41) is 3.35. The predicted molar refractivity (Wildman–Crippen MR) is 101 cm³/mol. The van der Waals surface area contributed by atoms with Crippen molar-refractivity contribution in [2.24, 2.45) is 5.73 Å². The molecule has 1 aliphatic carbocycles. The highest BCUT2D eigenvalue weighted by Crippen LogP contribution is 2.38. The largest absolute Gasteiger partial charge is 0.497 e. The SMILES string of the molecule is COc1ccc(O[C@@H](C)C(=O)Nc2sc3c(c2C(N)=O)CCCC3)cc1. The van der Waals surface area contributed by atoms with Crippen molar-refractivity contribution in [3.63, 3.8) is 0 Å². The lowest BCUT2D eigenvalue weighted by atomic mass is 9.95. The topological polar surface area (TPSA) is 90.7 Å². The third kappa shape index (κ3) is 3.83. The molecule has 0 fully saturated rings. The van der Waals surface area contributed by atoms with Gasteiger partial charge in [-0.1, -0.05) is 0 Å². The summed E-state index contributed by atoms with van der Waals surface area (Å²) in [5.74, 6) is 0.462. The second-order valence-corrected chi connectivity index (χ2v) is 7.31. The van der Waals surface area contributed by atoms with Crippen molar-refractivity contribution in [1.29, 1.82) is 0 Å². The van der Waals surface area contributed by atoms with Crippen LogP contribution in [0, 0.1) is 0 Å². The highest BCUT2D eigenvalue weighted by molar-refractivity contribution is 7.17. The molecule has 0 spiro atoms. The van der Waals surface area contributed by atoms with Gasteiger partial charge in [0, 0.05) is 4.88 Å². The summed E-state index contributed by atoms with van der Waals surface area (Å²) in [6.45, 7) is 1.66. The number of nitrogens with two attached hydrogens (primary N) is 1. The normalized spacial score (nSPS) is 14.2. The maximum absolute atomic E-state index is 12.5. The maximum atomic E-state index is 12.5. The molecule has 1 atom stereocenters. The second kappa shape index (κ2) is 7.78. The van der Waals surface area contributed by atoms with Crippen LogP contribution >= 0.6 is 11.3 Å². The van der Waals surface area contributed by atoms with Crippen LogP contribution in [-0.2, 0) is 17.6 Å². The van der Waals surface area contributed by atoms with Gasteiger partial charge in [-0.2, -0.15) is 0 Å². The van der Waals surface area contributed by atoms with Gasteiger partial charge in [0.05, 0.1) is 12.7 Å². The van der Waals surface area contributed by atoms with Gasteiger partial charge in [0.15, 0.2) is 6.10 Å². The van der Waals surface area contributed by atoms with Gasteiger partial charge in [0.1, 0.15) is 16.5 Å². The standard InChI is InChI=1S/C19H22N2O4S/c1-11(25-13-9-7-12(24-2)8-10-13)18(23)21-19-16(17(20)22)14-5-3-4-6-15(14)26-19/h7-11H,3-6H2,1-2H3,(H2,20,22)(H,21,23)/t11-/m0/s1. The molecule has 2 amide bonds. The van der Waals surface area contributed by atoms with Crippen LogP contribution in [0.2, 0.25) is 0 Å². The molecule has 6 nitrogen and oxygen atoms in total. The van der Waals surface area contributed by atoms with E-state index < -0.39 is 12.0 Å². The number of carbonyl (C=O) groups excluding carboxylic acids is 2. The number of aryl methyl sites for hydroxylation is 1. The van der Waals surface area contributed by atoms with Crippen molar-refractivity contribution < 1.29 is 19.1 Å². The van der Waals surface area contributed by atoms with Crippen molar-refractivity contribution in [2.75, 3.05) is 12.4 Å². The predicted octanol–water partition coefficient (Wildman–Crippen LogP) is 3.14. The Labute approximate surface area is 156 Å². The number of carbonyl (C=O) groups is 2. The van der Waals surface area contributed by atoms with Crippen LogP contribution in [0.25, 0.3) is 0 Å². The number of hydrogen-bond acceptors (Lipinski definition) is 5. The van der Waals surface area contributed by atoms with Crippen molar-refractivity contribution in [3.8, 4) is 11.5 Å². The first kappa shape index (κ1) is 18.3. The number of ether oxygens (including phenoxy) is 2. The molecule has 7 heteroatoms. The Bertz CT molecular complexity index is 814. The Balaban J connectivity index is 1.72. The smallest absolute Gasteiger partial charge is 0.265 e. The summed E-state index contributed by atoms with van der Waals surface area (Å²) in [4.78, 5) is 25.6. The fourth-order valence-corrected chi connectivity index (χ4v) is 4.34. The quantitative estimate of drug-likeness (QED) is 0.813. The number of anilines is 1. The maximum Gasteiger partial charge on any atom is 0.265 e. The van der Waals surface area contributed by atoms with Crippen molar-refractivity contribution >= 4 is 28.2 Å². The fraction of sp³-hybridized carbons (Fsp3) is 0.368. The molecule has 1 heterocycles. The van der Waals surface area contributed by atoms with Gasteiger partial charge < -0.3 is 20.5 Å². The van der Waals surface area contributed by atoms with E-state index in [1.807, 2.05) is 0 Å². The van der Waals surface area contributed by atoms with Gasteiger partial charge >= 0.3 is 0 Å². The molecule has 1 aromatic heterocycles. The van der Waals surface area contributed by atoms with E-state index in [0.29, 0.717) is 22.1 Å². The number of nitrogens with one attached hydrogen (secondary N) is 1. The third-order valence-electron chi connectivity index (χ3n) is 4.40. The van der Waals surface area contributed by atoms with Crippen LogP contribution in [0.1, 0.15) is 40.6 Å². The van der Waals surface area contributed by atoms with E-state index in [1.165, 1.54) is 11.3 Å². The average molecular weight is 374 g/mol. The average Bonchev–Trinajstić information content (AvgIpc) is 3.00. The molecule has 3 N–H and O–H groups in total. The molecule has 1 aromatic carbocycles. The summed E-state index contributed by atoms with van der Waals surface area (Å²) in [5.41, 5.74) is 7.01. The molecule has 26 heavy (non-hydrogen) atoms. The Morgan fingerprint density at radius 3 is 2.46 bits per heavy atom. The second-order valence-electron chi connectivity index (χ2n) is 6.20. The minimum absolute atomic E-state index is 0.318. The van der Waals surface area contributed by atoms with Crippen LogP contribution < -0.4 is 20.5 Å². The van der Waals surface area contributed by atoms with Crippen LogP contribution in [-0.4, -0.2) is 25.0 Å². The highest BCUT2D eigenvalue weighted by atomic mass is 32.1. The molecular formula is C19H22N2O4S. The van der Waals surface area contributed by atoms with E-state index in [4.69, 9.17) is 15.2 Å². The molecule has 138 valence electrons. The summed E-state index contributed by atoms with van der Waals surface area (Å²) in [6.07, 6.45) is 3.17. The van der Waals surface area contributed by atoms with Crippen molar-refractivity contribution in [2.45, 2.75) is 38.7 Å². The molecule has 0 saturated heterocycles. The van der Waals surface area contributed by atoms with Crippen LogP contribution in [0.15, 0.2) is 24.3 Å². The van der Waals surface area contributed by atoms with Gasteiger partial charge in [-0.3, -0.25) is 9.59 Å². The van der Waals surface area contributed by atoms with Crippen molar-refractivity contribution in [3.05, 3.63) is 40.3 Å². The number of thiophene rings is 1. The molecule has 0 unspecified atom stereocenters. The van der Waals surface area contributed by atoms with Gasteiger partial charge in [-0.05, 0) is 62.4 Å². The fourth-order valence-electron chi connectivity index (χ4n) is 3.04. The first-order chi connectivity index (χ1) is 12.5. The monoisotopic (exact) mass is 374 g/mol. The number of rotatable bonds is 6. The number of primary amides is 1. The molecule has 2 aromatic rings. The Morgan fingerprint density at radius 1 is 1.15 bits per heavy atom. The van der Waals surface area contributed by atoms with E-state index in [1.54, 1.807) is 38.3 Å². The van der Waals surface area contributed by atoms with Gasteiger partial charge in [0.2, 0.25) is 0 Å². The zero-order chi connectivity index (χ0) is 18.7.